The molecule has 160 valence electrons. The molecule has 0 bridgehead atoms. The van der Waals surface area contributed by atoms with Gasteiger partial charge in [0.1, 0.15) is 0 Å². The highest BCUT2D eigenvalue weighted by Crippen LogP contribution is 2.34. The minimum Gasteiger partial charge on any atom is -0.353 e. The summed E-state index contributed by atoms with van der Waals surface area (Å²) in [5, 5.41) is 9.88. The summed E-state index contributed by atoms with van der Waals surface area (Å²) in [6.45, 7) is 5.82. The van der Waals surface area contributed by atoms with E-state index in [2.05, 4.69) is 20.9 Å². The summed E-state index contributed by atoms with van der Waals surface area (Å²) in [5.41, 5.74) is 2.63. The van der Waals surface area contributed by atoms with Crippen LogP contribution in [0.4, 0.5) is 4.79 Å². The first-order valence-corrected chi connectivity index (χ1v) is 10.5. The molecule has 1 saturated heterocycles. The predicted octanol–water partition coefficient (Wildman–Crippen LogP) is 1.41. The zero-order chi connectivity index (χ0) is 21.3. The van der Waals surface area contributed by atoms with Crippen molar-refractivity contribution >= 4 is 18.2 Å². The molecular weight excluding hydrogens is 380 g/mol. The Morgan fingerprint density at radius 1 is 1.30 bits per heavy atom. The van der Waals surface area contributed by atoms with E-state index in [1.807, 2.05) is 62.3 Å². The topological polar surface area (TPSA) is 89.1 Å². The summed E-state index contributed by atoms with van der Waals surface area (Å²) in [4.78, 5) is 33.1. The summed E-state index contributed by atoms with van der Waals surface area (Å²) >= 11 is 0. The predicted molar refractivity (Wildman–Crippen MR) is 116 cm³/mol. The molecule has 0 aromatic heterocycles. The molecule has 30 heavy (non-hydrogen) atoms. The van der Waals surface area contributed by atoms with Gasteiger partial charge in [0.2, 0.25) is 5.91 Å². The largest absolute Gasteiger partial charge is 0.353 e. The number of hydrogen-bond acceptors (Lipinski definition) is 5. The van der Waals surface area contributed by atoms with E-state index in [-0.39, 0.29) is 24.3 Å². The normalized spacial score (nSPS) is 25.2. The fourth-order valence-corrected chi connectivity index (χ4v) is 4.25. The van der Waals surface area contributed by atoms with E-state index in [0.717, 1.165) is 29.8 Å². The Balaban J connectivity index is 1.36. The second-order valence-electron chi connectivity index (χ2n) is 8.68. The molecule has 2 atom stereocenters. The van der Waals surface area contributed by atoms with Crippen molar-refractivity contribution in [3.63, 3.8) is 0 Å². The summed E-state index contributed by atoms with van der Waals surface area (Å²) in [7, 11) is 1.84. The number of urea groups is 1. The number of nitrogens with zero attached hydrogens (tertiary/aromatic N) is 3. The Kier molecular flexibility index (Phi) is 5.51. The second kappa shape index (κ2) is 8.10. The Hall–Kier alpha value is -2.87. The van der Waals surface area contributed by atoms with E-state index in [4.69, 9.17) is 0 Å². The fraction of sp³-hybridized carbons (Fsp3) is 0.500. The number of likely N-dealkylation sites (tertiary alicyclic amines) is 1. The van der Waals surface area contributed by atoms with E-state index in [1.165, 1.54) is 0 Å². The van der Waals surface area contributed by atoms with Crippen LogP contribution in [0.15, 0.2) is 46.6 Å². The fourth-order valence-electron chi connectivity index (χ4n) is 4.25. The van der Waals surface area contributed by atoms with Crippen molar-refractivity contribution in [2.24, 2.45) is 4.99 Å². The van der Waals surface area contributed by atoms with Crippen LogP contribution in [0.3, 0.4) is 0 Å². The average Bonchev–Trinajstić information content (AvgIpc) is 3.00. The minimum absolute atomic E-state index is 0.0983. The van der Waals surface area contributed by atoms with Crippen molar-refractivity contribution in [1.29, 1.82) is 0 Å². The lowest BCUT2D eigenvalue weighted by molar-refractivity contribution is -0.132. The summed E-state index contributed by atoms with van der Waals surface area (Å²) in [6.07, 6.45) is 2.97. The highest BCUT2D eigenvalue weighted by atomic mass is 16.2. The monoisotopic (exact) mass is 410 g/mol. The molecule has 3 aliphatic rings. The average molecular weight is 411 g/mol. The van der Waals surface area contributed by atoms with Crippen LogP contribution in [0.1, 0.15) is 32.3 Å². The van der Waals surface area contributed by atoms with Gasteiger partial charge in [-0.05, 0) is 25.8 Å². The number of carbonyl (C=O) groups is 2. The van der Waals surface area contributed by atoms with Crippen molar-refractivity contribution in [2.45, 2.75) is 51.1 Å². The smallest absolute Gasteiger partial charge is 0.318 e. The van der Waals surface area contributed by atoms with E-state index in [1.54, 1.807) is 4.90 Å². The molecule has 1 fully saturated rings. The van der Waals surface area contributed by atoms with Crippen LogP contribution in [0.5, 0.6) is 0 Å². The van der Waals surface area contributed by atoms with Gasteiger partial charge in [-0.1, -0.05) is 30.3 Å². The Bertz CT molecular complexity index is 879. The molecule has 3 amide bonds. The van der Waals surface area contributed by atoms with Crippen molar-refractivity contribution in [2.75, 3.05) is 20.1 Å². The molecule has 0 radical (unpaired) electrons. The third kappa shape index (κ3) is 4.05. The molecular formula is C22H30N6O2. The Labute approximate surface area is 177 Å². The van der Waals surface area contributed by atoms with E-state index < -0.39 is 5.54 Å². The van der Waals surface area contributed by atoms with Gasteiger partial charge >= 0.3 is 6.03 Å². The summed E-state index contributed by atoms with van der Waals surface area (Å²) in [5.74, 6) is 0.154. The first-order valence-electron chi connectivity index (χ1n) is 10.5. The van der Waals surface area contributed by atoms with Crippen molar-refractivity contribution in [3.05, 3.63) is 47.2 Å². The number of piperidine rings is 1. The highest BCUT2D eigenvalue weighted by molar-refractivity contribution is 5.88. The maximum Gasteiger partial charge on any atom is 0.318 e. The highest BCUT2D eigenvalue weighted by Gasteiger charge is 2.43. The SMILES string of the molecule is CN1CCC(NC2N=CC3=C(CN(C(=O)NCc4ccccc4)C3(C)C)N2)CC1=O. The van der Waals surface area contributed by atoms with Gasteiger partial charge in [-0.3, -0.25) is 15.1 Å². The number of amides is 3. The molecule has 1 aromatic carbocycles. The van der Waals surface area contributed by atoms with Crippen LogP contribution in [0, 0.1) is 0 Å². The molecule has 0 saturated carbocycles. The molecule has 3 heterocycles. The van der Waals surface area contributed by atoms with Crippen LogP contribution in [-0.4, -0.2) is 66.0 Å². The molecule has 8 heteroatoms. The molecule has 4 rings (SSSR count). The third-order valence-corrected chi connectivity index (χ3v) is 6.22. The van der Waals surface area contributed by atoms with Gasteiger partial charge < -0.3 is 20.4 Å². The maximum absolute atomic E-state index is 12.9. The van der Waals surface area contributed by atoms with E-state index in [0.29, 0.717) is 19.5 Å². The van der Waals surface area contributed by atoms with Gasteiger partial charge in [0.25, 0.3) is 0 Å². The van der Waals surface area contributed by atoms with Gasteiger partial charge in [-0.25, -0.2) is 4.79 Å². The molecule has 3 aliphatic heterocycles. The first-order chi connectivity index (χ1) is 14.3. The van der Waals surface area contributed by atoms with Crippen LogP contribution in [-0.2, 0) is 11.3 Å². The van der Waals surface area contributed by atoms with E-state index >= 15 is 0 Å². The molecule has 3 N–H and O–H groups in total. The van der Waals surface area contributed by atoms with Crippen molar-refractivity contribution < 1.29 is 9.59 Å². The number of benzene rings is 1. The molecule has 1 aromatic rings. The van der Waals surface area contributed by atoms with Gasteiger partial charge in [0.15, 0.2) is 6.29 Å². The zero-order valence-electron chi connectivity index (χ0n) is 17.8. The van der Waals surface area contributed by atoms with Crippen molar-refractivity contribution in [3.8, 4) is 0 Å². The summed E-state index contributed by atoms with van der Waals surface area (Å²) in [6, 6.07) is 9.89. The first kappa shape index (κ1) is 20.4. The van der Waals surface area contributed by atoms with Gasteiger partial charge in [-0.2, -0.15) is 0 Å². The third-order valence-electron chi connectivity index (χ3n) is 6.22. The Morgan fingerprint density at radius 2 is 2.07 bits per heavy atom. The van der Waals surface area contributed by atoms with Crippen molar-refractivity contribution in [1.82, 2.24) is 25.8 Å². The standard InChI is InChI=1S/C22H30N6O2/c1-22(2)17-13-23-20(25-16-9-10-27(3)19(29)11-16)26-18(17)14-28(22)21(30)24-12-15-7-5-4-6-8-15/h4-8,13,16,20,25-26H,9-12,14H2,1-3H3,(H,24,30). The quantitative estimate of drug-likeness (QED) is 0.700. The lowest BCUT2D eigenvalue weighted by Crippen LogP contribution is -2.52. The second-order valence-corrected chi connectivity index (χ2v) is 8.68. The molecule has 0 spiro atoms. The number of carbonyl (C=O) groups excluding carboxylic acids is 2. The lowest BCUT2D eigenvalue weighted by atomic mass is 9.95. The Morgan fingerprint density at radius 3 is 2.80 bits per heavy atom. The van der Waals surface area contributed by atoms with Gasteiger partial charge in [0.05, 0.1) is 12.1 Å². The van der Waals surface area contributed by atoms with E-state index in [9.17, 15) is 9.59 Å². The van der Waals surface area contributed by atoms with Crippen LogP contribution >= 0.6 is 0 Å². The molecule has 0 aliphatic carbocycles. The summed E-state index contributed by atoms with van der Waals surface area (Å²) < 4.78 is 0. The van der Waals surface area contributed by atoms with Gasteiger partial charge in [-0.15, -0.1) is 0 Å². The van der Waals surface area contributed by atoms with Gasteiger partial charge in [0, 0.05) is 50.1 Å². The lowest BCUT2D eigenvalue weighted by Gasteiger charge is -2.34. The minimum atomic E-state index is -0.457. The number of nitrogens with one attached hydrogen (secondary N) is 3. The van der Waals surface area contributed by atoms with Crippen LogP contribution in [0.2, 0.25) is 0 Å². The number of aliphatic imine (C=N–C) groups is 1. The zero-order valence-corrected chi connectivity index (χ0v) is 17.8. The van der Waals surface area contributed by atoms with Crippen LogP contribution < -0.4 is 16.0 Å². The number of hydrogen-bond donors (Lipinski definition) is 3. The van der Waals surface area contributed by atoms with Crippen LogP contribution in [0.25, 0.3) is 0 Å². The number of rotatable bonds is 4. The molecule has 2 unspecified atom stereocenters. The maximum atomic E-state index is 12.9. The molecule has 8 nitrogen and oxygen atoms in total.